The van der Waals surface area contributed by atoms with E-state index in [9.17, 15) is 9.90 Å². The van der Waals surface area contributed by atoms with Crippen LogP contribution in [0.2, 0.25) is 0 Å². The first-order valence-corrected chi connectivity index (χ1v) is 12.3. The van der Waals surface area contributed by atoms with Gasteiger partial charge >= 0.3 is 5.97 Å². The van der Waals surface area contributed by atoms with Crippen molar-refractivity contribution in [2.75, 3.05) is 7.11 Å². The average molecular weight is 467 g/mol. The summed E-state index contributed by atoms with van der Waals surface area (Å²) in [5.41, 5.74) is 3.91. The van der Waals surface area contributed by atoms with E-state index < -0.39 is 17.5 Å². The number of fused-ring (bicyclic) bond motifs is 3. The molecular weight excluding hydrogens is 428 g/mol. The Morgan fingerprint density at radius 2 is 1.94 bits per heavy atom. The quantitative estimate of drug-likeness (QED) is 0.564. The zero-order valence-corrected chi connectivity index (χ0v) is 21.5. The Balaban J connectivity index is 1.69. The Hall–Kier alpha value is -2.53. The maximum atomic E-state index is 12.3. The third kappa shape index (κ3) is 4.68. The smallest absolute Gasteiger partial charge is 0.309 e. The largest absolute Gasteiger partial charge is 0.497 e. The lowest BCUT2D eigenvalue weighted by atomic mass is 9.70. The van der Waals surface area contributed by atoms with E-state index in [0.29, 0.717) is 12.8 Å². The molecule has 2 aromatic rings. The van der Waals surface area contributed by atoms with E-state index in [1.807, 2.05) is 18.2 Å². The number of aryl methyl sites for hydroxylation is 2. The minimum atomic E-state index is -0.796. The molecule has 2 aliphatic rings. The molecule has 34 heavy (non-hydrogen) atoms. The lowest BCUT2D eigenvalue weighted by molar-refractivity contribution is -0.188. The number of hydrogen-bond acceptors (Lipinski definition) is 4. The van der Waals surface area contributed by atoms with Gasteiger partial charge in [-0.1, -0.05) is 44.5 Å². The van der Waals surface area contributed by atoms with Gasteiger partial charge in [-0.15, -0.1) is 0 Å². The first-order valence-electron chi connectivity index (χ1n) is 12.3. The van der Waals surface area contributed by atoms with Gasteiger partial charge in [-0.2, -0.15) is 0 Å². The van der Waals surface area contributed by atoms with Crippen molar-refractivity contribution < 1.29 is 24.1 Å². The average Bonchev–Trinajstić information content (AvgIpc) is 2.76. The molecule has 0 aromatic heterocycles. The van der Waals surface area contributed by atoms with Gasteiger partial charge in [-0.25, -0.2) is 0 Å². The third-order valence-electron chi connectivity index (χ3n) is 7.45. The predicted molar refractivity (Wildman–Crippen MR) is 133 cm³/mol. The monoisotopic (exact) mass is 466 g/mol. The van der Waals surface area contributed by atoms with Gasteiger partial charge in [0, 0.05) is 17.0 Å². The molecule has 0 aliphatic carbocycles. The number of benzene rings is 2. The van der Waals surface area contributed by atoms with Crippen LogP contribution in [0.1, 0.15) is 75.8 Å². The minimum Gasteiger partial charge on any atom is -0.497 e. The van der Waals surface area contributed by atoms with Crippen molar-refractivity contribution in [2.45, 2.75) is 84.0 Å². The van der Waals surface area contributed by atoms with Crippen molar-refractivity contribution in [1.29, 1.82) is 0 Å². The van der Waals surface area contributed by atoms with E-state index in [4.69, 9.17) is 14.2 Å². The summed E-state index contributed by atoms with van der Waals surface area (Å²) in [4.78, 5) is 12.3. The van der Waals surface area contributed by atoms with Crippen molar-refractivity contribution in [2.24, 2.45) is 11.8 Å². The van der Waals surface area contributed by atoms with Gasteiger partial charge < -0.3 is 19.3 Å². The Bertz CT molecular complexity index is 1060. The fourth-order valence-electron chi connectivity index (χ4n) is 5.55. The highest BCUT2D eigenvalue weighted by atomic mass is 16.5. The Morgan fingerprint density at radius 1 is 1.21 bits per heavy atom. The van der Waals surface area contributed by atoms with Crippen LogP contribution in [0.15, 0.2) is 36.4 Å². The normalized spacial score (nSPS) is 25.6. The molecule has 5 heteroatoms. The standard InChI is InChI=1S/C29H38O5/c1-17-13-21-25-23(29(5,6)34-26(21)22(14-17)28(2,3)4)16-20(27(30)31)24(33-25)12-11-18-9-8-10-19(15-18)32-7/h8-10,13-15,20,23-25H,11-12,16H2,1-7H3,(H,30,31)/t20-,23-,24-,25+/m0/s1. The van der Waals surface area contributed by atoms with Gasteiger partial charge in [0.25, 0.3) is 0 Å². The van der Waals surface area contributed by atoms with Gasteiger partial charge in [-0.3, -0.25) is 4.79 Å². The molecular formula is C29H38O5. The molecule has 0 amide bonds. The molecule has 4 atom stereocenters. The van der Waals surface area contributed by atoms with Crippen LogP contribution in [0.4, 0.5) is 0 Å². The highest BCUT2D eigenvalue weighted by Gasteiger charge is 2.52. The van der Waals surface area contributed by atoms with Crippen LogP contribution in [-0.2, 0) is 21.4 Å². The van der Waals surface area contributed by atoms with E-state index in [2.05, 4.69) is 59.7 Å². The summed E-state index contributed by atoms with van der Waals surface area (Å²) in [5, 5.41) is 10.1. The lowest BCUT2D eigenvalue weighted by Gasteiger charge is -2.51. The summed E-state index contributed by atoms with van der Waals surface area (Å²) < 4.78 is 18.7. The number of carboxylic acids is 1. The molecule has 1 fully saturated rings. The van der Waals surface area contributed by atoms with E-state index in [1.165, 1.54) is 11.1 Å². The zero-order valence-electron chi connectivity index (χ0n) is 21.5. The molecule has 0 bridgehead atoms. The van der Waals surface area contributed by atoms with Crippen molar-refractivity contribution in [3.63, 3.8) is 0 Å². The number of carboxylic acid groups (broad SMARTS) is 1. The molecule has 0 saturated carbocycles. The van der Waals surface area contributed by atoms with E-state index in [1.54, 1.807) is 7.11 Å². The molecule has 0 radical (unpaired) electrons. The predicted octanol–water partition coefficient (Wildman–Crippen LogP) is 6.25. The van der Waals surface area contributed by atoms with Crippen LogP contribution in [0.25, 0.3) is 0 Å². The third-order valence-corrected chi connectivity index (χ3v) is 7.45. The first kappa shape index (κ1) is 24.6. The van der Waals surface area contributed by atoms with Crippen LogP contribution < -0.4 is 9.47 Å². The van der Waals surface area contributed by atoms with E-state index in [0.717, 1.165) is 29.0 Å². The summed E-state index contributed by atoms with van der Waals surface area (Å²) in [7, 11) is 1.65. The topological polar surface area (TPSA) is 65.0 Å². The van der Waals surface area contributed by atoms with Crippen molar-refractivity contribution in [1.82, 2.24) is 0 Å². The van der Waals surface area contributed by atoms with E-state index >= 15 is 0 Å². The van der Waals surface area contributed by atoms with Gasteiger partial charge in [0.15, 0.2) is 0 Å². The minimum absolute atomic E-state index is 0.0382. The maximum absolute atomic E-state index is 12.3. The molecule has 184 valence electrons. The van der Waals surface area contributed by atoms with Crippen LogP contribution in [-0.4, -0.2) is 29.9 Å². The highest BCUT2D eigenvalue weighted by Crippen LogP contribution is 2.54. The van der Waals surface area contributed by atoms with Gasteiger partial charge in [0.1, 0.15) is 17.1 Å². The van der Waals surface area contributed by atoms with Gasteiger partial charge in [0.2, 0.25) is 0 Å². The molecule has 0 unspecified atom stereocenters. The summed E-state index contributed by atoms with van der Waals surface area (Å²) in [6.07, 6.45) is 1.35. The number of hydrogen-bond donors (Lipinski definition) is 1. The number of rotatable bonds is 5. The fraction of sp³-hybridized carbons (Fsp3) is 0.552. The first-order chi connectivity index (χ1) is 15.9. The number of aliphatic carboxylic acids is 1. The Morgan fingerprint density at radius 3 is 2.59 bits per heavy atom. The molecule has 2 aliphatic heterocycles. The molecule has 1 saturated heterocycles. The second-order valence-electron chi connectivity index (χ2n) is 11.5. The Kier molecular flexibility index (Phi) is 6.45. The zero-order chi connectivity index (χ0) is 24.8. The summed E-state index contributed by atoms with van der Waals surface area (Å²) in [6, 6.07) is 12.3. The molecule has 0 spiro atoms. The number of methoxy groups -OCH3 is 1. The Labute approximate surface area is 203 Å². The van der Waals surface area contributed by atoms with Crippen LogP contribution in [0.3, 0.4) is 0 Å². The molecule has 1 N–H and O–H groups in total. The summed E-state index contributed by atoms with van der Waals surface area (Å²) >= 11 is 0. The SMILES string of the molecule is COc1cccc(CC[C@@H]2O[C@@H]3c4cc(C)cc(C(C)(C)C)c4OC(C)(C)[C@H]3C[C@@H]2C(=O)O)c1. The summed E-state index contributed by atoms with van der Waals surface area (Å²) in [6.45, 7) is 12.8. The maximum Gasteiger partial charge on any atom is 0.309 e. The van der Waals surface area contributed by atoms with Crippen molar-refractivity contribution in [3.8, 4) is 11.5 Å². The fourth-order valence-corrected chi connectivity index (χ4v) is 5.55. The molecule has 4 rings (SSSR count). The van der Waals surface area contributed by atoms with E-state index in [-0.39, 0.29) is 23.5 Å². The highest BCUT2D eigenvalue weighted by molar-refractivity contribution is 5.71. The van der Waals surface area contributed by atoms with Crippen LogP contribution >= 0.6 is 0 Å². The molecule has 2 aromatic carbocycles. The van der Waals surface area contributed by atoms with Crippen molar-refractivity contribution in [3.05, 3.63) is 58.7 Å². The van der Waals surface area contributed by atoms with Gasteiger partial charge in [-0.05, 0) is 69.2 Å². The molecule has 2 heterocycles. The number of carbonyl (C=O) groups is 1. The van der Waals surface area contributed by atoms with Crippen LogP contribution in [0.5, 0.6) is 11.5 Å². The summed E-state index contributed by atoms with van der Waals surface area (Å²) in [5.74, 6) is 0.314. The number of ether oxygens (including phenoxy) is 3. The van der Waals surface area contributed by atoms with Crippen LogP contribution in [0, 0.1) is 18.8 Å². The molecule has 5 nitrogen and oxygen atoms in total. The second-order valence-corrected chi connectivity index (χ2v) is 11.5. The lowest BCUT2D eigenvalue weighted by Crippen LogP contribution is -2.52. The second kappa shape index (κ2) is 8.92. The van der Waals surface area contributed by atoms with Gasteiger partial charge in [0.05, 0.1) is 25.2 Å². The van der Waals surface area contributed by atoms with Crippen molar-refractivity contribution >= 4 is 5.97 Å².